The standard InChI is InChI=1S/C16H18N2O3/c1-16(10-19,12-7-8-12)17-15(20)14-9-13(18-21-14)11-5-3-2-4-6-11/h2-6,9,12,19H,7-8,10H2,1H3,(H,17,20). The molecule has 1 amide bonds. The van der Waals surface area contributed by atoms with E-state index in [9.17, 15) is 9.90 Å². The molecule has 1 fully saturated rings. The number of nitrogens with one attached hydrogen (secondary N) is 1. The largest absolute Gasteiger partial charge is 0.394 e. The smallest absolute Gasteiger partial charge is 0.290 e. The van der Waals surface area contributed by atoms with E-state index in [-0.39, 0.29) is 18.3 Å². The molecule has 0 spiro atoms. The number of carbonyl (C=O) groups excluding carboxylic acids is 1. The van der Waals surface area contributed by atoms with Gasteiger partial charge in [0.1, 0.15) is 5.69 Å². The summed E-state index contributed by atoms with van der Waals surface area (Å²) in [5.41, 5.74) is 0.932. The van der Waals surface area contributed by atoms with Crippen LogP contribution in [0, 0.1) is 5.92 Å². The van der Waals surface area contributed by atoms with E-state index < -0.39 is 5.54 Å². The van der Waals surface area contributed by atoms with Crippen LogP contribution < -0.4 is 5.32 Å². The summed E-state index contributed by atoms with van der Waals surface area (Å²) in [6.45, 7) is 1.78. The fourth-order valence-corrected chi connectivity index (χ4v) is 2.44. The summed E-state index contributed by atoms with van der Waals surface area (Å²) in [6.07, 6.45) is 2.06. The van der Waals surface area contributed by atoms with Crippen molar-refractivity contribution < 1.29 is 14.4 Å². The van der Waals surface area contributed by atoms with E-state index >= 15 is 0 Å². The van der Waals surface area contributed by atoms with E-state index in [1.807, 2.05) is 37.3 Å². The summed E-state index contributed by atoms with van der Waals surface area (Å²) in [5.74, 6) is 0.158. The highest BCUT2D eigenvalue weighted by atomic mass is 16.5. The number of amides is 1. The second-order valence-corrected chi connectivity index (χ2v) is 5.75. The van der Waals surface area contributed by atoms with Gasteiger partial charge in [0.25, 0.3) is 5.91 Å². The number of benzene rings is 1. The first kappa shape index (κ1) is 13.8. The van der Waals surface area contributed by atoms with E-state index in [1.54, 1.807) is 6.07 Å². The van der Waals surface area contributed by atoms with E-state index in [4.69, 9.17) is 4.52 Å². The Morgan fingerprint density at radius 1 is 1.43 bits per heavy atom. The number of hydrogen-bond acceptors (Lipinski definition) is 4. The lowest BCUT2D eigenvalue weighted by Gasteiger charge is -2.28. The Hall–Kier alpha value is -2.14. The molecule has 5 nitrogen and oxygen atoms in total. The highest BCUT2D eigenvalue weighted by Gasteiger charge is 2.42. The summed E-state index contributed by atoms with van der Waals surface area (Å²) in [4.78, 5) is 12.2. The molecule has 110 valence electrons. The molecule has 1 aromatic heterocycles. The molecule has 1 aliphatic rings. The molecule has 1 heterocycles. The molecule has 1 atom stereocenters. The quantitative estimate of drug-likeness (QED) is 0.884. The zero-order valence-electron chi connectivity index (χ0n) is 11.9. The van der Waals surface area contributed by atoms with Crippen LogP contribution in [0.5, 0.6) is 0 Å². The van der Waals surface area contributed by atoms with Gasteiger partial charge in [-0.25, -0.2) is 0 Å². The fraction of sp³-hybridized carbons (Fsp3) is 0.375. The summed E-state index contributed by atoms with van der Waals surface area (Å²) >= 11 is 0. The van der Waals surface area contributed by atoms with E-state index in [0.29, 0.717) is 11.6 Å². The second kappa shape index (κ2) is 5.33. The van der Waals surface area contributed by atoms with Gasteiger partial charge in [-0.3, -0.25) is 4.79 Å². The Balaban J connectivity index is 1.75. The van der Waals surface area contributed by atoms with E-state index in [1.165, 1.54) is 0 Å². The van der Waals surface area contributed by atoms with Crippen LogP contribution in [0.1, 0.15) is 30.3 Å². The lowest BCUT2D eigenvalue weighted by molar-refractivity contribution is 0.0788. The van der Waals surface area contributed by atoms with Gasteiger partial charge in [-0.1, -0.05) is 35.5 Å². The Morgan fingerprint density at radius 3 is 2.76 bits per heavy atom. The van der Waals surface area contributed by atoms with Gasteiger partial charge in [0.15, 0.2) is 0 Å². The highest BCUT2D eigenvalue weighted by Crippen LogP contribution is 2.39. The Labute approximate surface area is 123 Å². The number of hydrogen-bond donors (Lipinski definition) is 2. The predicted molar refractivity (Wildman–Crippen MR) is 77.6 cm³/mol. The van der Waals surface area contributed by atoms with Crippen molar-refractivity contribution >= 4 is 5.91 Å². The van der Waals surface area contributed by atoms with Gasteiger partial charge in [0, 0.05) is 11.6 Å². The highest BCUT2D eigenvalue weighted by molar-refractivity contribution is 5.93. The monoisotopic (exact) mass is 286 g/mol. The Bertz CT molecular complexity index is 634. The average Bonchev–Trinajstić information content (AvgIpc) is 3.26. The molecule has 2 N–H and O–H groups in total. The molecular formula is C16H18N2O3. The molecule has 0 bridgehead atoms. The first-order chi connectivity index (χ1) is 10.1. The summed E-state index contributed by atoms with van der Waals surface area (Å²) < 4.78 is 5.13. The van der Waals surface area contributed by atoms with Crippen LogP contribution in [0.3, 0.4) is 0 Å². The van der Waals surface area contributed by atoms with E-state index in [2.05, 4.69) is 10.5 Å². The zero-order valence-corrected chi connectivity index (χ0v) is 11.9. The second-order valence-electron chi connectivity index (χ2n) is 5.75. The topological polar surface area (TPSA) is 75.4 Å². The molecule has 1 saturated carbocycles. The van der Waals surface area contributed by atoms with Crippen LogP contribution in [0.25, 0.3) is 11.3 Å². The molecule has 5 heteroatoms. The molecule has 0 saturated heterocycles. The van der Waals surface area contributed by atoms with Crippen molar-refractivity contribution in [2.75, 3.05) is 6.61 Å². The van der Waals surface area contributed by atoms with Crippen LogP contribution in [0.2, 0.25) is 0 Å². The molecule has 1 aliphatic carbocycles. The normalized spacial score (nSPS) is 17.2. The third-order valence-corrected chi connectivity index (χ3v) is 4.01. The van der Waals surface area contributed by atoms with Crippen molar-refractivity contribution in [2.45, 2.75) is 25.3 Å². The van der Waals surface area contributed by atoms with Gasteiger partial charge >= 0.3 is 0 Å². The molecular weight excluding hydrogens is 268 g/mol. The Morgan fingerprint density at radius 2 is 2.14 bits per heavy atom. The lowest BCUT2D eigenvalue weighted by Crippen LogP contribution is -2.50. The van der Waals surface area contributed by atoms with Crippen LogP contribution in [-0.2, 0) is 0 Å². The van der Waals surface area contributed by atoms with Gasteiger partial charge in [-0.2, -0.15) is 0 Å². The first-order valence-corrected chi connectivity index (χ1v) is 7.08. The lowest BCUT2D eigenvalue weighted by atomic mass is 9.97. The average molecular weight is 286 g/mol. The van der Waals surface area contributed by atoms with Gasteiger partial charge in [-0.05, 0) is 25.7 Å². The molecule has 0 radical (unpaired) electrons. The van der Waals surface area contributed by atoms with Gasteiger partial charge < -0.3 is 14.9 Å². The van der Waals surface area contributed by atoms with Gasteiger partial charge in [-0.15, -0.1) is 0 Å². The summed E-state index contributed by atoms with van der Waals surface area (Å²) in [7, 11) is 0. The van der Waals surface area contributed by atoms with E-state index in [0.717, 1.165) is 18.4 Å². The summed E-state index contributed by atoms with van der Waals surface area (Å²) in [5, 5.41) is 16.3. The van der Waals surface area contributed by atoms with Crippen molar-refractivity contribution in [3.63, 3.8) is 0 Å². The predicted octanol–water partition coefficient (Wildman–Crippen LogP) is 2.23. The minimum Gasteiger partial charge on any atom is -0.394 e. The molecule has 3 rings (SSSR count). The van der Waals surface area contributed by atoms with Crippen LogP contribution in [-0.4, -0.2) is 28.3 Å². The molecule has 1 unspecified atom stereocenters. The van der Waals surface area contributed by atoms with Crippen molar-refractivity contribution in [1.29, 1.82) is 0 Å². The van der Waals surface area contributed by atoms with Crippen molar-refractivity contribution in [1.82, 2.24) is 10.5 Å². The number of nitrogens with zero attached hydrogens (tertiary/aromatic N) is 1. The van der Waals surface area contributed by atoms with Crippen LogP contribution in [0.15, 0.2) is 40.9 Å². The maximum Gasteiger partial charge on any atom is 0.290 e. The number of rotatable bonds is 5. The minimum absolute atomic E-state index is 0.0803. The minimum atomic E-state index is -0.587. The van der Waals surface area contributed by atoms with Crippen molar-refractivity contribution in [3.8, 4) is 11.3 Å². The molecule has 21 heavy (non-hydrogen) atoms. The molecule has 2 aromatic rings. The van der Waals surface area contributed by atoms with Gasteiger partial charge in [0.05, 0.1) is 12.1 Å². The van der Waals surface area contributed by atoms with Crippen LogP contribution >= 0.6 is 0 Å². The number of aliphatic hydroxyl groups is 1. The maximum atomic E-state index is 12.2. The molecule has 0 aliphatic heterocycles. The van der Waals surface area contributed by atoms with Gasteiger partial charge in [0.2, 0.25) is 5.76 Å². The third kappa shape index (κ3) is 2.83. The number of carbonyl (C=O) groups is 1. The third-order valence-electron chi connectivity index (χ3n) is 4.01. The number of aliphatic hydroxyl groups excluding tert-OH is 1. The SMILES string of the molecule is CC(CO)(NC(=O)c1cc(-c2ccccc2)no1)C1CC1. The first-order valence-electron chi connectivity index (χ1n) is 7.08. The molecule has 1 aromatic carbocycles. The van der Waals surface area contributed by atoms with Crippen LogP contribution in [0.4, 0.5) is 0 Å². The number of aromatic nitrogens is 1. The maximum absolute atomic E-state index is 12.2. The zero-order chi connectivity index (χ0) is 14.9. The van der Waals surface area contributed by atoms with Crippen molar-refractivity contribution in [3.05, 3.63) is 42.2 Å². The Kier molecular flexibility index (Phi) is 3.51. The summed E-state index contributed by atoms with van der Waals surface area (Å²) in [6, 6.07) is 11.2. The fourth-order valence-electron chi connectivity index (χ4n) is 2.44. The van der Waals surface area contributed by atoms with Crippen molar-refractivity contribution in [2.24, 2.45) is 5.92 Å².